The monoisotopic (exact) mass is 513 g/mol. The van der Waals surface area contributed by atoms with Crippen molar-refractivity contribution >= 4 is 40.5 Å². The molecule has 0 N–H and O–H groups in total. The summed E-state index contributed by atoms with van der Waals surface area (Å²) >= 11 is 2.25. The molecule has 0 fully saturated rings. The molecule has 6 heteroatoms. The van der Waals surface area contributed by atoms with Gasteiger partial charge in [-0.25, -0.2) is 14.2 Å². The fourth-order valence-corrected chi connectivity index (χ4v) is 3.29. The lowest BCUT2D eigenvalue weighted by atomic mass is 10.1. The van der Waals surface area contributed by atoms with Gasteiger partial charge in [0.1, 0.15) is 18.2 Å². The van der Waals surface area contributed by atoms with Crippen LogP contribution in [0.4, 0.5) is 4.39 Å². The van der Waals surface area contributed by atoms with Crippen molar-refractivity contribution in [3.63, 3.8) is 0 Å². The zero-order chi connectivity index (χ0) is 21.1. The van der Waals surface area contributed by atoms with Crippen molar-refractivity contribution in [3.8, 4) is 5.75 Å². The number of nitrogens with zero attached hydrogens (tertiary/aromatic N) is 1. The van der Waals surface area contributed by atoms with E-state index in [4.69, 9.17) is 9.47 Å². The SMILES string of the molecule is Cc1cc(C2=N/C(=C\c3cccc(OCc4cccc(F)c4)c3)C(=O)O2)ccc1I. The van der Waals surface area contributed by atoms with Crippen LogP contribution >= 0.6 is 22.6 Å². The van der Waals surface area contributed by atoms with Crippen molar-refractivity contribution in [1.82, 2.24) is 0 Å². The molecule has 1 heterocycles. The first-order valence-electron chi connectivity index (χ1n) is 9.24. The van der Waals surface area contributed by atoms with Gasteiger partial charge in [0.25, 0.3) is 0 Å². The molecule has 3 aromatic rings. The first-order chi connectivity index (χ1) is 14.5. The van der Waals surface area contributed by atoms with E-state index < -0.39 is 5.97 Å². The number of rotatable bonds is 5. The Balaban J connectivity index is 1.52. The highest BCUT2D eigenvalue weighted by atomic mass is 127. The standard InChI is InChI=1S/C24H17FINO3/c1-15-10-18(8-9-21(15)26)23-27-22(24(28)30-23)13-16-4-3-7-20(12-16)29-14-17-5-2-6-19(25)11-17/h2-13H,14H2,1H3/b22-13-. The van der Waals surface area contributed by atoms with E-state index in [2.05, 4.69) is 27.6 Å². The highest BCUT2D eigenvalue weighted by Crippen LogP contribution is 2.23. The van der Waals surface area contributed by atoms with Gasteiger partial charge in [0.2, 0.25) is 5.90 Å². The maximum atomic E-state index is 13.3. The minimum Gasteiger partial charge on any atom is -0.489 e. The largest absolute Gasteiger partial charge is 0.489 e. The molecular weight excluding hydrogens is 496 g/mol. The van der Waals surface area contributed by atoms with Crippen LogP contribution in [0, 0.1) is 16.3 Å². The maximum absolute atomic E-state index is 13.3. The third-order valence-electron chi connectivity index (χ3n) is 4.48. The summed E-state index contributed by atoms with van der Waals surface area (Å²) in [6.45, 7) is 2.24. The van der Waals surface area contributed by atoms with Gasteiger partial charge in [0, 0.05) is 9.13 Å². The number of hydrogen-bond donors (Lipinski definition) is 0. The minimum absolute atomic E-state index is 0.225. The summed E-state index contributed by atoms with van der Waals surface area (Å²) in [5.74, 6) is 0.111. The number of aliphatic imine (C=N–C) groups is 1. The van der Waals surface area contributed by atoms with Gasteiger partial charge < -0.3 is 9.47 Å². The predicted molar refractivity (Wildman–Crippen MR) is 122 cm³/mol. The number of carbonyl (C=O) groups excluding carboxylic acids is 1. The molecule has 0 saturated heterocycles. The molecule has 0 atom stereocenters. The average Bonchev–Trinajstić information content (AvgIpc) is 3.09. The molecule has 30 heavy (non-hydrogen) atoms. The van der Waals surface area contributed by atoms with E-state index in [1.165, 1.54) is 12.1 Å². The first-order valence-corrected chi connectivity index (χ1v) is 10.3. The number of benzene rings is 3. The summed E-state index contributed by atoms with van der Waals surface area (Å²) in [5, 5.41) is 0. The third kappa shape index (κ3) is 4.76. The Morgan fingerprint density at radius 3 is 2.73 bits per heavy atom. The predicted octanol–water partition coefficient (Wildman–Crippen LogP) is 5.66. The molecule has 4 rings (SSSR count). The number of aryl methyl sites for hydroxylation is 1. The van der Waals surface area contributed by atoms with E-state index in [1.54, 1.807) is 30.3 Å². The van der Waals surface area contributed by atoms with Crippen molar-refractivity contribution in [2.45, 2.75) is 13.5 Å². The highest BCUT2D eigenvalue weighted by molar-refractivity contribution is 14.1. The number of hydrogen-bond acceptors (Lipinski definition) is 4. The Morgan fingerprint density at radius 2 is 1.93 bits per heavy atom. The Kier molecular flexibility index (Phi) is 5.94. The van der Waals surface area contributed by atoms with Gasteiger partial charge >= 0.3 is 5.97 Å². The van der Waals surface area contributed by atoms with Crippen LogP contribution in [0.2, 0.25) is 0 Å². The van der Waals surface area contributed by atoms with E-state index in [0.717, 1.165) is 25.8 Å². The Bertz CT molecular complexity index is 1190. The summed E-state index contributed by atoms with van der Waals surface area (Å²) < 4.78 is 25.5. The normalized spacial score (nSPS) is 14.6. The van der Waals surface area contributed by atoms with Gasteiger partial charge in [-0.2, -0.15) is 0 Å². The zero-order valence-electron chi connectivity index (χ0n) is 16.1. The average molecular weight is 513 g/mol. The summed E-state index contributed by atoms with van der Waals surface area (Å²) in [6.07, 6.45) is 1.66. The summed E-state index contributed by atoms with van der Waals surface area (Å²) in [5.41, 5.74) is 3.57. The second-order valence-corrected chi connectivity index (χ2v) is 7.95. The van der Waals surface area contributed by atoms with Crippen molar-refractivity contribution in [1.29, 1.82) is 0 Å². The van der Waals surface area contributed by atoms with Crippen LogP contribution in [0.3, 0.4) is 0 Å². The van der Waals surface area contributed by atoms with Gasteiger partial charge in [-0.15, -0.1) is 0 Å². The molecule has 0 aromatic heterocycles. The Hall–Kier alpha value is -3.00. The molecule has 0 radical (unpaired) electrons. The van der Waals surface area contributed by atoms with Gasteiger partial charge in [0.15, 0.2) is 5.70 Å². The van der Waals surface area contributed by atoms with Crippen LogP contribution in [-0.4, -0.2) is 11.9 Å². The lowest BCUT2D eigenvalue weighted by Crippen LogP contribution is -2.05. The molecule has 1 aliphatic rings. The van der Waals surface area contributed by atoms with Crippen molar-refractivity contribution < 1.29 is 18.7 Å². The maximum Gasteiger partial charge on any atom is 0.363 e. The van der Waals surface area contributed by atoms with Crippen LogP contribution in [0.5, 0.6) is 5.75 Å². The minimum atomic E-state index is -0.493. The molecule has 0 amide bonds. The number of esters is 1. The fraction of sp³-hybridized carbons (Fsp3) is 0.0833. The number of cyclic esters (lactones) is 1. The van der Waals surface area contributed by atoms with Gasteiger partial charge in [-0.3, -0.25) is 0 Å². The van der Waals surface area contributed by atoms with Crippen LogP contribution in [0.1, 0.15) is 22.3 Å². The van der Waals surface area contributed by atoms with Crippen molar-refractivity contribution in [3.05, 3.63) is 104 Å². The van der Waals surface area contributed by atoms with Gasteiger partial charge in [0.05, 0.1) is 0 Å². The Labute approximate surface area is 187 Å². The molecule has 0 bridgehead atoms. The van der Waals surface area contributed by atoms with Gasteiger partial charge in [-0.1, -0.05) is 24.3 Å². The third-order valence-corrected chi connectivity index (χ3v) is 5.69. The smallest absolute Gasteiger partial charge is 0.363 e. The van der Waals surface area contributed by atoms with Crippen LogP contribution in [0.15, 0.2) is 77.4 Å². The lowest BCUT2D eigenvalue weighted by Gasteiger charge is -2.07. The Morgan fingerprint density at radius 1 is 1.10 bits per heavy atom. The molecule has 1 aliphatic heterocycles. The van der Waals surface area contributed by atoms with Crippen LogP contribution in [-0.2, 0) is 16.1 Å². The summed E-state index contributed by atoms with van der Waals surface area (Å²) in [6, 6.07) is 19.3. The molecule has 0 unspecified atom stereocenters. The molecule has 0 spiro atoms. The van der Waals surface area contributed by atoms with Crippen LogP contribution in [0.25, 0.3) is 6.08 Å². The molecule has 4 nitrogen and oxygen atoms in total. The van der Waals surface area contributed by atoms with E-state index in [0.29, 0.717) is 11.6 Å². The molecule has 0 aliphatic carbocycles. The topological polar surface area (TPSA) is 47.9 Å². The fourth-order valence-electron chi connectivity index (χ4n) is 2.96. The highest BCUT2D eigenvalue weighted by Gasteiger charge is 2.24. The van der Waals surface area contributed by atoms with Crippen LogP contribution < -0.4 is 4.74 Å². The lowest BCUT2D eigenvalue weighted by molar-refractivity contribution is -0.129. The van der Waals surface area contributed by atoms with Gasteiger partial charge in [-0.05, 0) is 94.7 Å². The number of halogens is 2. The first kappa shape index (κ1) is 20.3. The molecule has 0 saturated carbocycles. The van der Waals surface area contributed by atoms with E-state index >= 15 is 0 Å². The molecular formula is C24H17FINO3. The summed E-state index contributed by atoms with van der Waals surface area (Å²) in [4.78, 5) is 16.6. The van der Waals surface area contributed by atoms with E-state index in [-0.39, 0.29) is 18.1 Å². The molecule has 150 valence electrons. The second kappa shape index (κ2) is 8.79. The second-order valence-electron chi connectivity index (χ2n) is 6.79. The summed E-state index contributed by atoms with van der Waals surface area (Å²) in [7, 11) is 0. The zero-order valence-corrected chi connectivity index (χ0v) is 18.2. The van der Waals surface area contributed by atoms with Crippen molar-refractivity contribution in [2.75, 3.05) is 0 Å². The quantitative estimate of drug-likeness (QED) is 0.251. The van der Waals surface area contributed by atoms with E-state index in [1.807, 2.05) is 37.3 Å². The number of carbonyl (C=O) groups is 1. The molecule has 3 aromatic carbocycles. The van der Waals surface area contributed by atoms with Crippen molar-refractivity contribution in [2.24, 2.45) is 4.99 Å². The number of ether oxygens (including phenoxy) is 2. The van der Waals surface area contributed by atoms with E-state index in [9.17, 15) is 9.18 Å².